The standard InChI is InChI=1S/C21H23ClN2O3S/c1-13(25)24-10-16(14-3-5-28-11-14)17-9-23(4-2-19(17)24)8-15-6-20-21(7-18(15)22)27-12-26-20/h3,5-7,11,16-17,19H,2,4,8-10,12H2,1H3/t16-,17-,19-/m0/s1. The number of piperidine rings is 1. The SMILES string of the molecule is CC(=O)N1C[C@@H](c2ccsc2)[C@@H]2CN(Cc3cc4c(cc3Cl)OCO4)CC[C@@H]21. The summed E-state index contributed by atoms with van der Waals surface area (Å²) in [6.07, 6.45) is 1.01. The van der Waals surface area contributed by atoms with Crippen molar-refractivity contribution in [3.8, 4) is 11.5 Å². The highest BCUT2D eigenvalue weighted by Crippen LogP contribution is 2.43. The number of hydrogen-bond donors (Lipinski definition) is 0. The quantitative estimate of drug-likeness (QED) is 0.756. The molecule has 148 valence electrons. The number of carbonyl (C=O) groups is 1. The average molecular weight is 419 g/mol. The summed E-state index contributed by atoms with van der Waals surface area (Å²) < 4.78 is 10.9. The Bertz CT molecular complexity index is 888. The molecule has 3 atom stereocenters. The Balaban J connectivity index is 1.36. The third-order valence-corrected chi connectivity index (χ3v) is 7.38. The predicted octanol–water partition coefficient (Wildman–Crippen LogP) is 3.97. The Morgan fingerprint density at radius 3 is 2.86 bits per heavy atom. The summed E-state index contributed by atoms with van der Waals surface area (Å²) in [4.78, 5) is 16.8. The van der Waals surface area contributed by atoms with E-state index in [2.05, 4.69) is 26.6 Å². The zero-order valence-corrected chi connectivity index (χ0v) is 17.3. The predicted molar refractivity (Wildman–Crippen MR) is 109 cm³/mol. The number of ether oxygens (including phenoxy) is 2. The molecule has 5 nitrogen and oxygen atoms in total. The van der Waals surface area contributed by atoms with Crippen LogP contribution in [0.5, 0.6) is 11.5 Å². The molecule has 1 aromatic heterocycles. The molecular weight excluding hydrogens is 396 g/mol. The summed E-state index contributed by atoms with van der Waals surface area (Å²) in [7, 11) is 0. The van der Waals surface area contributed by atoms with Crippen LogP contribution in [0.15, 0.2) is 29.0 Å². The van der Waals surface area contributed by atoms with Crippen molar-refractivity contribution in [2.45, 2.75) is 31.8 Å². The number of fused-ring (bicyclic) bond motifs is 2. The maximum atomic E-state index is 12.2. The van der Waals surface area contributed by atoms with E-state index in [9.17, 15) is 4.79 Å². The smallest absolute Gasteiger partial charge is 0.231 e. The minimum absolute atomic E-state index is 0.194. The van der Waals surface area contributed by atoms with Crippen molar-refractivity contribution in [3.05, 3.63) is 45.1 Å². The number of halogens is 1. The number of thiophene rings is 1. The van der Waals surface area contributed by atoms with Gasteiger partial charge in [0.15, 0.2) is 11.5 Å². The van der Waals surface area contributed by atoms with Gasteiger partial charge in [-0.2, -0.15) is 11.3 Å². The lowest BCUT2D eigenvalue weighted by molar-refractivity contribution is -0.130. The Hall–Kier alpha value is -1.76. The molecule has 2 saturated heterocycles. The van der Waals surface area contributed by atoms with Crippen molar-refractivity contribution in [2.75, 3.05) is 26.4 Å². The lowest BCUT2D eigenvalue weighted by Crippen LogP contribution is -2.47. The van der Waals surface area contributed by atoms with Crippen LogP contribution < -0.4 is 9.47 Å². The van der Waals surface area contributed by atoms with Crippen LogP contribution >= 0.6 is 22.9 Å². The first-order valence-electron chi connectivity index (χ1n) is 9.70. The molecule has 7 heteroatoms. The fraction of sp³-hybridized carbons (Fsp3) is 0.476. The van der Waals surface area contributed by atoms with Gasteiger partial charge in [0.25, 0.3) is 0 Å². The molecule has 1 amide bonds. The fourth-order valence-electron chi connectivity index (χ4n) is 4.97. The van der Waals surface area contributed by atoms with Crippen LogP contribution in [0.25, 0.3) is 0 Å². The van der Waals surface area contributed by atoms with Crippen molar-refractivity contribution in [1.82, 2.24) is 9.80 Å². The molecule has 2 aromatic rings. The second-order valence-corrected chi connectivity index (χ2v) is 9.07. The minimum atomic E-state index is 0.194. The van der Waals surface area contributed by atoms with Gasteiger partial charge in [0.2, 0.25) is 12.7 Å². The molecule has 4 heterocycles. The summed E-state index contributed by atoms with van der Waals surface area (Å²) >= 11 is 8.23. The van der Waals surface area contributed by atoms with E-state index in [0.717, 1.165) is 54.7 Å². The topological polar surface area (TPSA) is 42.0 Å². The van der Waals surface area contributed by atoms with Gasteiger partial charge in [0.1, 0.15) is 0 Å². The number of likely N-dealkylation sites (tertiary alicyclic amines) is 2. The van der Waals surface area contributed by atoms with Gasteiger partial charge >= 0.3 is 0 Å². The first kappa shape index (κ1) is 18.3. The summed E-state index contributed by atoms with van der Waals surface area (Å²) in [6.45, 7) is 5.51. The van der Waals surface area contributed by atoms with Crippen LogP contribution in [0, 0.1) is 5.92 Å². The Morgan fingerprint density at radius 2 is 2.11 bits per heavy atom. The van der Waals surface area contributed by atoms with Gasteiger partial charge in [-0.15, -0.1) is 0 Å². The van der Waals surface area contributed by atoms with E-state index < -0.39 is 0 Å². The molecule has 3 aliphatic heterocycles. The summed E-state index contributed by atoms with van der Waals surface area (Å²) in [6, 6.07) is 6.41. The van der Waals surface area contributed by atoms with Crippen molar-refractivity contribution < 1.29 is 14.3 Å². The number of benzene rings is 1. The van der Waals surface area contributed by atoms with E-state index in [1.165, 1.54) is 5.56 Å². The zero-order chi connectivity index (χ0) is 19.3. The van der Waals surface area contributed by atoms with Gasteiger partial charge in [0, 0.05) is 62.1 Å². The number of nitrogens with zero attached hydrogens (tertiary/aromatic N) is 2. The van der Waals surface area contributed by atoms with Gasteiger partial charge in [-0.3, -0.25) is 9.69 Å². The molecule has 5 rings (SSSR count). The monoisotopic (exact) mass is 418 g/mol. The molecule has 3 aliphatic rings. The Kier molecular flexibility index (Phi) is 4.73. The molecule has 0 bridgehead atoms. The van der Waals surface area contributed by atoms with Gasteiger partial charge in [-0.25, -0.2) is 0 Å². The largest absolute Gasteiger partial charge is 0.454 e. The molecule has 0 unspecified atom stereocenters. The normalized spacial score (nSPS) is 26.5. The van der Waals surface area contributed by atoms with Crippen LogP contribution in [0.2, 0.25) is 5.02 Å². The fourth-order valence-corrected chi connectivity index (χ4v) is 5.91. The minimum Gasteiger partial charge on any atom is -0.454 e. The highest BCUT2D eigenvalue weighted by molar-refractivity contribution is 7.08. The molecule has 0 radical (unpaired) electrons. The van der Waals surface area contributed by atoms with Crippen molar-refractivity contribution in [3.63, 3.8) is 0 Å². The Morgan fingerprint density at radius 1 is 1.29 bits per heavy atom. The van der Waals surface area contributed by atoms with E-state index in [4.69, 9.17) is 21.1 Å². The molecule has 2 fully saturated rings. The van der Waals surface area contributed by atoms with E-state index in [-0.39, 0.29) is 12.7 Å². The van der Waals surface area contributed by atoms with Crippen molar-refractivity contribution in [2.24, 2.45) is 5.92 Å². The second-order valence-electron chi connectivity index (χ2n) is 7.89. The van der Waals surface area contributed by atoms with E-state index in [1.54, 1.807) is 18.3 Å². The molecule has 0 N–H and O–H groups in total. The number of carbonyl (C=O) groups excluding carboxylic acids is 1. The number of hydrogen-bond acceptors (Lipinski definition) is 5. The van der Waals surface area contributed by atoms with Gasteiger partial charge in [-0.05, 0) is 40.4 Å². The highest BCUT2D eigenvalue weighted by Gasteiger charge is 2.46. The third kappa shape index (κ3) is 3.17. The van der Waals surface area contributed by atoms with Crippen LogP contribution in [-0.2, 0) is 11.3 Å². The van der Waals surface area contributed by atoms with E-state index in [0.29, 0.717) is 17.9 Å². The van der Waals surface area contributed by atoms with Crippen molar-refractivity contribution in [1.29, 1.82) is 0 Å². The maximum Gasteiger partial charge on any atom is 0.231 e. The molecule has 0 spiro atoms. The molecule has 0 saturated carbocycles. The van der Waals surface area contributed by atoms with Crippen LogP contribution in [-0.4, -0.2) is 48.2 Å². The van der Waals surface area contributed by atoms with E-state index in [1.807, 2.05) is 12.1 Å². The van der Waals surface area contributed by atoms with Crippen LogP contribution in [0.1, 0.15) is 30.4 Å². The van der Waals surface area contributed by atoms with Crippen molar-refractivity contribution >= 4 is 28.8 Å². The third-order valence-electron chi connectivity index (χ3n) is 6.33. The molecule has 1 aromatic carbocycles. The van der Waals surface area contributed by atoms with Gasteiger partial charge in [-0.1, -0.05) is 11.6 Å². The second kappa shape index (κ2) is 7.25. The maximum absolute atomic E-state index is 12.2. The van der Waals surface area contributed by atoms with Crippen LogP contribution in [0.4, 0.5) is 0 Å². The van der Waals surface area contributed by atoms with Gasteiger partial charge < -0.3 is 14.4 Å². The summed E-state index contributed by atoms with van der Waals surface area (Å²) in [5.41, 5.74) is 2.43. The van der Waals surface area contributed by atoms with Crippen LogP contribution in [0.3, 0.4) is 0 Å². The Labute approximate surface area is 173 Å². The van der Waals surface area contributed by atoms with Gasteiger partial charge in [0.05, 0.1) is 0 Å². The number of amides is 1. The lowest BCUT2D eigenvalue weighted by atomic mass is 9.82. The molecule has 28 heavy (non-hydrogen) atoms. The first-order valence-corrected chi connectivity index (χ1v) is 11.0. The lowest BCUT2D eigenvalue weighted by Gasteiger charge is -2.38. The molecular formula is C21H23ClN2O3S. The van der Waals surface area contributed by atoms with E-state index >= 15 is 0 Å². The highest BCUT2D eigenvalue weighted by atomic mass is 35.5. The average Bonchev–Trinajstić information content (AvgIpc) is 3.40. The summed E-state index contributed by atoms with van der Waals surface area (Å²) in [5, 5.41) is 5.09. The molecule has 0 aliphatic carbocycles. The zero-order valence-electron chi connectivity index (χ0n) is 15.8. The number of rotatable bonds is 3. The first-order chi connectivity index (χ1) is 13.6. The summed E-state index contributed by atoms with van der Waals surface area (Å²) in [5.74, 6) is 2.56.